The predicted octanol–water partition coefficient (Wildman–Crippen LogP) is 3.65. The minimum atomic E-state index is -2.02. The maximum atomic E-state index is 15.3. The number of amides is 1. The molecular weight excluding hydrogens is 1020 g/mol. The normalized spacial score (nSPS) is 39.8. The standard InChI is InChI=1S/C55H87FN6O16/c1-14-42-55(10,69)47(65)32(4)44(63)30(2)25-54(9,71-13)49(33(5)46(34(6)50(67)76-42)77-43-26-53(8,70-12)48(66)35(7)74-43)78-51-45(64)41(23-31(3)73-51)59(11)18-17-36-27-61(58-57-36)28-38-29-62(52(68)75-38)37-15-16-40(39(56)24-37)60-19-21-72-22-20-60/h15-16,24,27,30-35,38,41-43,45-49,51,64-66,69H,14,17-23,25-26,28-29H2,1-13H3/t30-,31-,32+,33+,34-,35+,38+,41+,42-,43+,45-,46+,47-,48+,49-,51+,53-,54-,55-/m1/s1. The lowest BCUT2D eigenvalue weighted by molar-refractivity contribution is -0.319. The highest BCUT2D eigenvalue weighted by Crippen LogP contribution is 2.42. The second kappa shape index (κ2) is 25.4. The van der Waals surface area contributed by atoms with Crippen LogP contribution in [-0.2, 0) is 65.2 Å². The van der Waals surface area contributed by atoms with Crippen LogP contribution >= 0.6 is 0 Å². The summed E-state index contributed by atoms with van der Waals surface area (Å²) in [6.07, 6.45) is -8.96. The number of likely N-dealkylation sites (N-methyl/N-ethyl adjacent to an activating group) is 1. The molecule has 0 aliphatic carbocycles. The van der Waals surface area contributed by atoms with Gasteiger partial charge in [-0.05, 0) is 86.1 Å². The number of aliphatic hydroxyl groups excluding tert-OH is 3. The smallest absolute Gasteiger partial charge is 0.414 e. The number of anilines is 2. The van der Waals surface area contributed by atoms with E-state index < -0.39 is 132 Å². The summed E-state index contributed by atoms with van der Waals surface area (Å²) in [4.78, 5) is 47.1. The minimum Gasteiger partial charge on any atom is -0.459 e. The SMILES string of the molecule is CC[C@H]1OC(=O)[C@H](C)[C@@H](O[C@H]2C[C@@](C)(OC)[C@@H](O)[C@H](C)O2)[C@H](C)[C@@H](O[C@@H]2O[C@H](C)C[C@H](N(C)CCc3cn(C[C@H]4CN(c5ccc(N6CCOCC6)c(F)c5)C(=O)O4)nn3)[C@H]2O)[C@](C)(OC)C[C@@H](C)C(=O)[C@H](C)[C@@H](O)[C@]1(C)O. The van der Waals surface area contributed by atoms with E-state index in [-0.39, 0.29) is 38.1 Å². The largest absolute Gasteiger partial charge is 0.459 e. The molecule has 0 bridgehead atoms. The van der Waals surface area contributed by atoms with Crippen LogP contribution in [0, 0.1) is 29.5 Å². The zero-order chi connectivity index (χ0) is 57.2. The Morgan fingerprint density at radius 2 is 1.59 bits per heavy atom. The Labute approximate surface area is 458 Å². The van der Waals surface area contributed by atoms with Crippen LogP contribution in [0.1, 0.15) is 101 Å². The van der Waals surface area contributed by atoms with Gasteiger partial charge in [-0.2, -0.15) is 0 Å². The molecule has 1 aromatic heterocycles. The Hall–Kier alpha value is -3.98. The lowest BCUT2D eigenvalue weighted by atomic mass is 9.74. The number of halogens is 1. The number of esters is 1. The minimum absolute atomic E-state index is 0.0392. The first-order valence-corrected chi connectivity index (χ1v) is 27.7. The number of benzene rings is 1. The number of hydrogen-bond donors (Lipinski definition) is 4. The molecular formula is C55H87FN6O16. The maximum Gasteiger partial charge on any atom is 0.414 e. The van der Waals surface area contributed by atoms with Crippen molar-refractivity contribution in [1.82, 2.24) is 19.9 Å². The molecule has 0 unspecified atom stereocenters. The van der Waals surface area contributed by atoms with E-state index in [1.54, 1.807) is 64.6 Å². The number of carbonyl (C=O) groups is 3. The quantitative estimate of drug-likeness (QED) is 0.186. The molecule has 0 radical (unpaired) electrons. The maximum absolute atomic E-state index is 15.3. The summed E-state index contributed by atoms with van der Waals surface area (Å²) in [5.41, 5.74) is -2.96. The lowest BCUT2D eigenvalue weighted by Gasteiger charge is -2.50. The van der Waals surface area contributed by atoms with Crippen molar-refractivity contribution in [3.8, 4) is 0 Å². The molecule has 4 N–H and O–H groups in total. The molecule has 5 saturated heterocycles. The molecule has 1 aromatic carbocycles. The van der Waals surface area contributed by atoms with E-state index in [0.29, 0.717) is 62.8 Å². The van der Waals surface area contributed by atoms with Crippen molar-refractivity contribution in [2.24, 2.45) is 23.7 Å². The van der Waals surface area contributed by atoms with Crippen LogP contribution in [0.2, 0.25) is 0 Å². The number of methoxy groups -OCH3 is 2. The average molecular weight is 1110 g/mol. The van der Waals surface area contributed by atoms with Crippen LogP contribution in [0.15, 0.2) is 24.4 Å². The number of aliphatic hydroxyl groups is 4. The molecule has 1 amide bonds. The number of hydrogen-bond acceptors (Lipinski definition) is 20. The number of ketones is 1. The summed E-state index contributed by atoms with van der Waals surface area (Å²) >= 11 is 0. The van der Waals surface area contributed by atoms with E-state index in [0.717, 1.165) is 0 Å². The molecule has 6 heterocycles. The van der Waals surface area contributed by atoms with Crippen LogP contribution < -0.4 is 9.80 Å². The van der Waals surface area contributed by atoms with E-state index in [2.05, 4.69) is 10.3 Å². The Kier molecular flexibility index (Phi) is 20.1. The highest BCUT2D eigenvalue weighted by Gasteiger charge is 2.54. The molecule has 19 atom stereocenters. The summed E-state index contributed by atoms with van der Waals surface area (Å²) in [7, 11) is 4.86. The molecule has 7 rings (SSSR count). The van der Waals surface area contributed by atoms with E-state index in [1.165, 1.54) is 39.0 Å². The van der Waals surface area contributed by atoms with Crippen molar-refractivity contribution in [2.75, 3.05) is 70.5 Å². The first kappa shape index (κ1) is 61.6. The fraction of sp³-hybridized carbons (Fsp3) is 0.800. The van der Waals surface area contributed by atoms with Gasteiger partial charge < -0.3 is 72.9 Å². The van der Waals surface area contributed by atoms with E-state index in [9.17, 15) is 34.8 Å². The third-order valence-corrected chi connectivity index (χ3v) is 17.3. The molecule has 0 saturated carbocycles. The number of carbonyl (C=O) groups excluding carboxylic acids is 3. The summed E-state index contributed by atoms with van der Waals surface area (Å²) in [6.45, 7) is 19.9. The van der Waals surface area contributed by atoms with Gasteiger partial charge in [0.2, 0.25) is 0 Å². The topological polar surface area (TPSA) is 256 Å². The van der Waals surface area contributed by atoms with Crippen LogP contribution in [0.4, 0.5) is 20.6 Å². The van der Waals surface area contributed by atoms with Gasteiger partial charge in [-0.15, -0.1) is 5.10 Å². The van der Waals surface area contributed by atoms with Gasteiger partial charge in [0, 0.05) is 76.7 Å². The van der Waals surface area contributed by atoms with E-state index in [4.69, 9.17) is 42.6 Å². The zero-order valence-electron chi connectivity index (χ0n) is 47.8. The van der Waals surface area contributed by atoms with Crippen molar-refractivity contribution < 1.29 is 81.8 Å². The number of aromatic nitrogens is 3. The van der Waals surface area contributed by atoms with Gasteiger partial charge in [-0.1, -0.05) is 32.9 Å². The third kappa shape index (κ3) is 13.3. The van der Waals surface area contributed by atoms with Crippen LogP contribution in [0.25, 0.3) is 0 Å². The molecule has 0 spiro atoms. The summed E-state index contributed by atoms with van der Waals surface area (Å²) in [5, 5.41) is 55.6. The summed E-state index contributed by atoms with van der Waals surface area (Å²) in [6, 6.07) is 4.24. The number of ether oxygens (including phenoxy) is 9. The Morgan fingerprint density at radius 3 is 2.24 bits per heavy atom. The van der Waals surface area contributed by atoms with E-state index >= 15 is 4.39 Å². The molecule has 5 aliphatic rings. The molecule has 440 valence electrons. The number of cyclic esters (lactones) is 2. The monoisotopic (exact) mass is 1110 g/mol. The average Bonchev–Trinajstić information content (AvgIpc) is 4.07. The third-order valence-electron chi connectivity index (χ3n) is 17.3. The predicted molar refractivity (Wildman–Crippen MR) is 281 cm³/mol. The van der Waals surface area contributed by atoms with Gasteiger partial charge in [-0.25, -0.2) is 13.9 Å². The number of rotatable bonds is 15. The Morgan fingerprint density at radius 1 is 0.897 bits per heavy atom. The van der Waals surface area contributed by atoms with Crippen molar-refractivity contribution in [1.29, 1.82) is 0 Å². The highest BCUT2D eigenvalue weighted by atomic mass is 19.1. The van der Waals surface area contributed by atoms with Gasteiger partial charge in [-0.3, -0.25) is 14.5 Å². The number of morpholine rings is 1. The molecule has 5 fully saturated rings. The Bertz CT molecular complexity index is 2340. The number of nitrogens with zero attached hydrogens (tertiary/aromatic N) is 6. The highest BCUT2D eigenvalue weighted by molar-refractivity contribution is 5.90. The summed E-state index contributed by atoms with van der Waals surface area (Å²) < 4.78 is 72.7. The van der Waals surface area contributed by atoms with Gasteiger partial charge >= 0.3 is 12.1 Å². The van der Waals surface area contributed by atoms with Gasteiger partial charge in [0.1, 0.15) is 41.6 Å². The first-order valence-electron chi connectivity index (χ1n) is 27.7. The van der Waals surface area contributed by atoms with Gasteiger partial charge in [0.15, 0.2) is 12.6 Å². The van der Waals surface area contributed by atoms with Crippen molar-refractivity contribution in [3.05, 3.63) is 35.9 Å². The zero-order valence-corrected chi connectivity index (χ0v) is 47.8. The van der Waals surface area contributed by atoms with Crippen molar-refractivity contribution in [3.63, 3.8) is 0 Å². The fourth-order valence-corrected chi connectivity index (χ4v) is 12.3. The molecule has 2 aromatic rings. The van der Waals surface area contributed by atoms with Crippen molar-refractivity contribution >= 4 is 29.2 Å². The summed E-state index contributed by atoms with van der Waals surface area (Å²) in [5.74, 6) is -5.31. The molecule has 78 heavy (non-hydrogen) atoms. The van der Waals surface area contributed by atoms with Gasteiger partial charge in [0.25, 0.3) is 0 Å². The number of Topliss-reactive ketones (excluding diaryl/α,β-unsaturated/α-hetero) is 1. The molecule has 23 heteroatoms. The van der Waals surface area contributed by atoms with Crippen LogP contribution in [-0.4, -0.2) is 209 Å². The second-order valence-corrected chi connectivity index (χ2v) is 23.2. The van der Waals surface area contributed by atoms with Crippen LogP contribution in [0.3, 0.4) is 0 Å². The fourth-order valence-electron chi connectivity index (χ4n) is 12.3. The second-order valence-electron chi connectivity index (χ2n) is 23.2. The van der Waals surface area contributed by atoms with Crippen LogP contribution in [0.5, 0.6) is 0 Å². The Balaban J connectivity index is 1.09. The van der Waals surface area contributed by atoms with Gasteiger partial charge in [0.05, 0.1) is 91.0 Å². The van der Waals surface area contributed by atoms with E-state index in [1.807, 2.05) is 30.7 Å². The molecule has 22 nitrogen and oxygen atoms in total. The lowest BCUT2D eigenvalue weighted by Crippen LogP contribution is -2.61. The molecule has 5 aliphatic heterocycles. The first-order chi connectivity index (χ1) is 36.7. The van der Waals surface area contributed by atoms with Crippen molar-refractivity contribution in [2.45, 2.75) is 198 Å².